The van der Waals surface area contributed by atoms with E-state index >= 15 is 0 Å². The van der Waals surface area contributed by atoms with E-state index < -0.39 is 0 Å². The van der Waals surface area contributed by atoms with Crippen molar-refractivity contribution >= 4 is 11.0 Å². The van der Waals surface area contributed by atoms with E-state index in [0.717, 1.165) is 35.6 Å². The predicted octanol–water partition coefficient (Wildman–Crippen LogP) is 2.34. The molecular weight excluding hydrogens is 262 g/mol. The molecule has 110 valence electrons. The lowest BCUT2D eigenvalue weighted by Crippen LogP contribution is -2.16. The largest absolute Gasteiger partial charge is 0.328 e. The molecule has 0 spiro atoms. The topological polar surface area (TPSA) is 61.7 Å². The van der Waals surface area contributed by atoms with Gasteiger partial charge in [-0.2, -0.15) is 5.10 Å². The summed E-state index contributed by atoms with van der Waals surface area (Å²) in [5.74, 6) is 1.04. The summed E-state index contributed by atoms with van der Waals surface area (Å²) >= 11 is 0. The van der Waals surface area contributed by atoms with Crippen LogP contribution < -0.4 is 5.73 Å². The fraction of sp³-hybridized carbons (Fsp3) is 0.375. The molecule has 21 heavy (non-hydrogen) atoms. The molecular formula is C16H21N5. The zero-order chi connectivity index (χ0) is 15.0. The summed E-state index contributed by atoms with van der Waals surface area (Å²) in [6, 6.07) is 8.14. The number of nitrogens with zero attached hydrogens (tertiary/aromatic N) is 4. The summed E-state index contributed by atoms with van der Waals surface area (Å²) < 4.78 is 4.05. The number of hydrogen-bond donors (Lipinski definition) is 1. The zero-order valence-corrected chi connectivity index (χ0v) is 12.7. The Morgan fingerprint density at radius 1 is 1.29 bits per heavy atom. The molecule has 0 fully saturated rings. The van der Waals surface area contributed by atoms with Crippen molar-refractivity contribution < 1.29 is 0 Å². The molecule has 5 heteroatoms. The third-order valence-corrected chi connectivity index (χ3v) is 3.90. The molecule has 0 aliphatic rings. The second-order valence-electron chi connectivity index (χ2n) is 5.42. The smallest absolute Gasteiger partial charge is 0.111 e. The van der Waals surface area contributed by atoms with Gasteiger partial charge in [0.05, 0.1) is 16.7 Å². The number of rotatable bonds is 4. The van der Waals surface area contributed by atoms with Crippen LogP contribution in [-0.2, 0) is 20.0 Å². The second-order valence-corrected chi connectivity index (χ2v) is 5.42. The first-order valence-corrected chi connectivity index (χ1v) is 7.30. The first-order valence-electron chi connectivity index (χ1n) is 7.30. The van der Waals surface area contributed by atoms with E-state index in [1.54, 1.807) is 0 Å². The highest BCUT2D eigenvalue weighted by atomic mass is 15.3. The number of imidazole rings is 1. The fourth-order valence-corrected chi connectivity index (χ4v) is 2.92. The number of hydrogen-bond acceptors (Lipinski definition) is 3. The van der Waals surface area contributed by atoms with Crippen LogP contribution in [0.15, 0.2) is 30.5 Å². The third kappa shape index (κ3) is 2.45. The van der Waals surface area contributed by atoms with Crippen molar-refractivity contribution in [3.8, 4) is 0 Å². The van der Waals surface area contributed by atoms with Gasteiger partial charge in [0.1, 0.15) is 5.82 Å². The minimum absolute atomic E-state index is 0.0826. The van der Waals surface area contributed by atoms with Crippen molar-refractivity contribution in [2.24, 2.45) is 12.8 Å². The van der Waals surface area contributed by atoms with Crippen molar-refractivity contribution in [3.63, 3.8) is 0 Å². The van der Waals surface area contributed by atoms with Gasteiger partial charge in [0.25, 0.3) is 0 Å². The van der Waals surface area contributed by atoms with E-state index in [1.165, 1.54) is 5.52 Å². The van der Waals surface area contributed by atoms with Gasteiger partial charge in [0, 0.05) is 37.8 Å². The first-order chi connectivity index (χ1) is 10.1. The lowest BCUT2D eigenvalue weighted by molar-refractivity contribution is 0.635. The van der Waals surface area contributed by atoms with Crippen LogP contribution in [-0.4, -0.2) is 19.3 Å². The van der Waals surface area contributed by atoms with E-state index in [4.69, 9.17) is 10.7 Å². The maximum atomic E-state index is 6.38. The molecule has 1 aromatic carbocycles. The molecule has 0 aliphatic heterocycles. The fourth-order valence-electron chi connectivity index (χ4n) is 2.92. The van der Waals surface area contributed by atoms with E-state index in [-0.39, 0.29) is 6.04 Å². The molecule has 3 aromatic rings. The molecule has 0 amide bonds. The van der Waals surface area contributed by atoms with E-state index in [0.29, 0.717) is 0 Å². The summed E-state index contributed by atoms with van der Waals surface area (Å²) in [5, 5.41) is 4.37. The lowest BCUT2D eigenvalue weighted by Gasteiger charge is -2.12. The van der Waals surface area contributed by atoms with Gasteiger partial charge in [0.2, 0.25) is 0 Å². The van der Waals surface area contributed by atoms with Crippen LogP contribution in [0.4, 0.5) is 0 Å². The number of benzene rings is 1. The quantitative estimate of drug-likeness (QED) is 0.799. The average molecular weight is 283 g/mol. The van der Waals surface area contributed by atoms with Gasteiger partial charge in [-0.3, -0.25) is 4.68 Å². The third-order valence-electron chi connectivity index (χ3n) is 3.90. The van der Waals surface area contributed by atoms with Crippen LogP contribution in [0, 0.1) is 6.92 Å². The molecule has 2 heterocycles. The van der Waals surface area contributed by atoms with E-state index in [1.807, 2.05) is 43.0 Å². The lowest BCUT2D eigenvalue weighted by atomic mass is 10.1. The van der Waals surface area contributed by atoms with Gasteiger partial charge in [-0.05, 0) is 26.0 Å². The van der Waals surface area contributed by atoms with E-state index in [9.17, 15) is 0 Å². The van der Waals surface area contributed by atoms with Crippen LogP contribution in [0.5, 0.6) is 0 Å². The highest BCUT2D eigenvalue weighted by Crippen LogP contribution is 2.22. The van der Waals surface area contributed by atoms with Crippen molar-refractivity contribution in [1.29, 1.82) is 0 Å². The summed E-state index contributed by atoms with van der Waals surface area (Å²) in [4.78, 5) is 4.74. The van der Waals surface area contributed by atoms with Gasteiger partial charge in [-0.25, -0.2) is 4.98 Å². The second kappa shape index (κ2) is 5.33. The van der Waals surface area contributed by atoms with Crippen LogP contribution >= 0.6 is 0 Å². The number of aromatic nitrogens is 4. The number of para-hydroxylation sites is 2. The maximum absolute atomic E-state index is 6.38. The molecule has 0 radical (unpaired) electrons. The molecule has 2 N–H and O–H groups in total. The molecule has 0 bridgehead atoms. The first kappa shape index (κ1) is 13.8. The SMILES string of the molecule is CCn1c(CC(N)c2cn(C)nc2C)nc2ccccc21. The Hall–Kier alpha value is -2.14. The number of fused-ring (bicyclic) bond motifs is 1. The Morgan fingerprint density at radius 3 is 2.71 bits per heavy atom. The predicted molar refractivity (Wildman–Crippen MR) is 84.0 cm³/mol. The van der Waals surface area contributed by atoms with Crippen LogP contribution in [0.2, 0.25) is 0 Å². The van der Waals surface area contributed by atoms with Crippen molar-refractivity contribution in [2.45, 2.75) is 32.9 Å². The van der Waals surface area contributed by atoms with Gasteiger partial charge in [-0.15, -0.1) is 0 Å². The molecule has 2 aromatic heterocycles. The summed E-state index contributed by atoms with van der Waals surface area (Å²) in [6.07, 6.45) is 2.72. The molecule has 0 aliphatic carbocycles. The van der Waals surface area contributed by atoms with Gasteiger partial charge in [-0.1, -0.05) is 12.1 Å². The summed E-state index contributed by atoms with van der Waals surface area (Å²) in [7, 11) is 1.92. The minimum atomic E-state index is -0.0826. The summed E-state index contributed by atoms with van der Waals surface area (Å²) in [6.45, 7) is 5.03. The summed E-state index contributed by atoms with van der Waals surface area (Å²) in [5.41, 5.74) is 10.7. The molecule has 5 nitrogen and oxygen atoms in total. The highest BCUT2D eigenvalue weighted by Gasteiger charge is 2.17. The number of aryl methyl sites for hydroxylation is 3. The van der Waals surface area contributed by atoms with Crippen molar-refractivity contribution in [3.05, 3.63) is 47.5 Å². The Kier molecular flexibility index (Phi) is 3.51. The maximum Gasteiger partial charge on any atom is 0.111 e. The normalized spacial score (nSPS) is 13.0. The van der Waals surface area contributed by atoms with Crippen LogP contribution in [0.3, 0.4) is 0 Å². The molecule has 0 saturated carbocycles. The van der Waals surface area contributed by atoms with Crippen LogP contribution in [0.25, 0.3) is 11.0 Å². The van der Waals surface area contributed by atoms with E-state index in [2.05, 4.69) is 22.7 Å². The Balaban J connectivity index is 1.96. The number of nitrogens with two attached hydrogens (primary N) is 1. The molecule has 1 atom stereocenters. The Bertz CT molecular complexity index is 768. The Labute approximate surface area is 124 Å². The highest BCUT2D eigenvalue weighted by molar-refractivity contribution is 5.75. The molecule has 3 rings (SSSR count). The molecule has 0 saturated heterocycles. The van der Waals surface area contributed by atoms with Crippen molar-refractivity contribution in [1.82, 2.24) is 19.3 Å². The van der Waals surface area contributed by atoms with Crippen molar-refractivity contribution in [2.75, 3.05) is 0 Å². The van der Waals surface area contributed by atoms with Gasteiger partial charge < -0.3 is 10.3 Å². The monoisotopic (exact) mass is 283 g/mol. The average Bonchev–Trinajstić information content (AvgIpc) is 2.97. The zero-order valence-electron chi connectivity index (χ0n) is 12.7. The van der Waals surface area contributed by atoms with Gasteiger partial charge >= 0.3 is 0 Å². The van der Waals surface area contributed by atoms with Gasteiger partial charge in [0.15, 0.2) is 0 Å². The standard InChI is InChI=1S/C16H21N5/c1-4-21-15-8-6-5-7-14(15)18-16(21)9-13(17)12-10-20(3)19-11(12)2/h5-8,10,13H,4,9,17H2,1-3H3. The molecule has 1 unspecified atom stereocenters. The van der Waals surface area contributed by atoms with Crippen LogP contribution in [0.1, 0.15) is 30.0 Å². The Morgan fingerprint density at radius 2 is 2.05 bits per heavy atom. The minimum Gasteiger partial charge on any atom is -0.328 e.